The van der Waals surface area contributed by atoms with E-state index in [9.17, 15) is 22.4 Å². The molecule has 1 saturated carbocycles. The molecule has 3 aromatic heterocycles. The fourth-order valence-corrected chi connectivity index (χ4v) is 4.15. The highest BCUT2D eigenvalue weighted by Crippen LogP contribution is 2.39. The number of nitrogens with two attached hydrogens (primary N) is 1. The Balaban J connectivity index is 1.63. The molecule has 1 aliphatic rings. The molecule has 0 radical (unpaired) electrons. The molecule has 0 bridgehead atoms. The predicted molar refractivity (Wildman–Crippen MR) is 110 cm³/mol. The number of hydrogen-bond acceptors (Lipinski definition) is 6. The van der Waals surface area contributed by atoms with E-state index in [1.807, 2.05) is 6.07 Å². The normalized spacial score (nSPS) is 15.9. The Labute approximate surface area is 186 Å². The Morgan fingerprint density at radius 1 is 1.21 bits per heavy atom. The molecule has 33 heavy (non-hydrogen) atoms. The maximum atomic E-state index is 13.6. The minimum absolute atomic E-state index is 0.153. The van der Waals surface area contributed by atoms with E-state index in [0.717, 1.165) is 43.9 Å². The van der Waals surface area contributed by atoms with Crippen molar-refractivity contribution >= 4 is 11.7 Å². The molecule has 4 rings (SSSR count). The third-order valence-corrected chi connectivity index (χ3v) is 5.86. The lowest BCUT2D eigenvalue weighted by Crippen LogP contribution is -2.42. The number of rotatable bonds is 5. The van der Waals surface area contributed by atoms with Crippen molar-refractivity contribution in [1.82, 2.24) is 30.0 Å². The number of anilines is 1. The Morgan fingerprint density at radius 3 is 2.61 bits per heavy atom. The molecule has 1 amide bonds. The lowest BCUT2D eigenvalue weighted by atomic mass is 9.70. The minimum Gasteiger partial charge on any atom is -0.381 e. The van der Waals surface area contributed by atoms with Crippen LogP contribution in [0.1, 0.15) is 53.7 Å². The van der Waals surface area contributed by atoms with Gasteiger partial charge in [0, 0.05) is 30.6 Å². The van der Waals surface area contributed by atoms with Crippen molar-refractivity contribution in [2.45, 2.75) is 43.7 Å². The number of alkyl halides is 3. The number of halogens is 4. The van der Waals surface area contributed by atoms with Gasteiger partial charge in [-0.3, -0.25) is 9.78 Å². The van der Waals surface area contributed by atoms with Gasteiger partial charge in [-0.05, 0) is 24.5 Å². The van der Waals surface area contributed by atoms with E-state index in [1.54, 1.807) is 18.5 Å². The van der Waals surface area contributed by atoms with Gasteiger partial charge in [0.1, 0.15) is 0 Å². The summed E-state index contributed by atoms with van der Waals surface area (Å²) in [5, 5.41) is 6.09. The molecule has 0 aromatic carbocycles. The second-order valence-corrected chi connectivity index (χ2v) is 8.00. The summed E-state index contributed by atoms with van der Waals surface area (Å²) in [6.07, 6.45) is 4.56. The number of nitrogen functional groups attached to an aromatic ring is 1. The molecule has 0 atom stereocenters. The summed E-state index contributed by atoms with van der Waals surface area (Å²) in [5.41, 5.74) is 3.81. The highest BCUT2D eigenvalue weighted by atomic mass is 19.4. The van der Waals surface area contributed by atoms with E-state index in [0.29, 0.717) is 10.9 Å². The molecular weight excluding hydrogens is 442 g/mol. The van der Waals surface area contributed by atoms with Gasteiger partial charge in [0.2, 0.25) is 0 Å². The second kappa shape index (κ2) is 8.75. The van der Waals surface area contributed by atoms with Crippen molar-refractivity contribution in [3.05, 3.63) is 59.6 Å². The van der Waals surface area contributed by atoms with Gasteiger partial charge in [0.15, 0.2) is 17.3 Å². The van der Waals surface area contributed by atoms with E-state index in [1.165, 1.54) is 0 Å². The lowest BCUT2D eigenvalue weighted by molar-refractivity contribution is -0.141. The van der Waals surface area contributed by atoms with E-state index in [-0.39, 0.29) is 6.54 Å². The molecule has 12 heteroatoms. The van der Waals surface area contributed by atoms with E-state index < -0.39 is 46.3 Å². The zero-order chi connectivity index (χ0) is 23.6. The number of nitrogens with zero attached hydrogens (tertiary/aromatic N) is 5. The van der Waals surface area contributed by atoms with Gasteiger partial charge in [-0.25, -0.2) is 14.1 Å². The maximum absolute atomic E-state index is 13.6. The highest BCUT2D eigenvalue weighted by Gasteiger charge is 2.41. The summed E-state index contributed by atoms with van der Waals surface area (Å²) < 4.78 is 54.9. The van der Waals surface area contributed by atoms with Crippen LogP contribution in [0.2, 0.25) is 0 Å². The maximum Gasteiger partial charge on any atom is 0.435 e. The Morgan fingerprint density at radius 2 is 1.97 bits per heavy atom. The van der Waals surface area contributed by atoms with Crippen molar-refractivity contribution < 1.29 is 22.4 Å². The molecule has 1 fully saturated rings. The Hall–Kier alpha value is -3.57. The molecule has 0 unspecified atom stereocenters. The van der Waals surface area contributed by atoms with Crippen LogP contribution in [0.3, 0.4) is 0 Å². The molecule has 8 nitrogen and oxygen atoms in total. The molecule has 0 aliphatic heterocycles. The van der Waals surface area contributed by atoms with Crippen LogP contribution in [0.5, 0.6) is 0 Å². The first-order chi connectivity index (χ1) is 15.7. The molecule has 0 spiro atoms. The molecule has 174 valence electrons. The van der Waals surface area contributed by atoms with E-state index in [2.05, 4.69) is 25.4 Å². The number of nitrogens with one attached hydrogen (secondary N) is 1. The highest BCUT2D eigenvalue weighted by molar-refractivity contribution is 5.95. The Kier molecular flexibility index (Phi) is 6.00. The van der Waals surface area contributed by atoms with Crippen LogP contribution < -0.4 is 11.1 Å². The van der Waals surface area contributed by atoms with E-state index in [4.69, 9.17) is 5.73 Å². The third-order valence-electron chi connectivity index (χ3n) is 5.86. The zero-order valence-corrected chi connectivity index (χ0v) is 17.4. The lowest BCUT2D eigenvalue weighted by Gasteiger charge is -2.37. The monoisotopic (exact) mass is 463 g/mol. The summed E-state index contributed by atoms with van der Waals surface area (Å²) in [7, 11) is 0. The first-order valence-corrected chi connectivity index (χ1v) is 10.3. The molecule has 0 saturated heterocycles. The van der Waals surface area contributed by atoms with Gasteiger partial charge in [0.25, 0.3) is 11.9 Å². The van der Waals surface area contributed by atoms with Gasteiger partial charge in [-0.15, -0.1) is 0 Å². The molecule has 1 aliphatic carbocycles. The van der Waals surface area contributed by atoms with Gasteiger partial charge in [-0.2, -0.15) is 23.3 Å². The zero-order valence-electron chi connectivity index (χ0n) is 17.4. The first-order valence-electron chi connectivity index (χ1n) is 10.3. The molecule has 3 heterocycles. The number of pyridine rings is 1. The van der Waals surface area contributed by atoms with Crippen molar-refractivity contribution in [3.63, 3.8) is 0 Å². The summed E-state index contributed by atoms with van der Waals surface area (Å²) in [5.74, 6) is -2.80. The van der Waals surface area contributed by atoms with Crippen LogP contribution in [-0.2, 0) is 11.6 Å². The summed E-state index contributed by atoms with van der Waals surface area (Å²) in [6.45, 7) is 0.153. The fraction of sp³-hybridized carbons (Fsp3) is 0.381. The molecule has 3 aromatic rings. The van der Waals surface area contributed by atoms with Crippen molar-refractivity contribution in [2.24, 2.45) is 0 Å². The van der Waals surface area contributed by atoms with Gasteiger partial charge >= 0.3 is 6.18 Å². The average Bonchev–Trinajstić information content (AvgIpc) is 3.27. The summed E-state index contributed by atoms with van der Waals surface area (Å²) >= 11 is 0. The predicted octanol–water partition coefficient (Wildman–Crippen LogP) is 3.43. The number of amides is 1. The van der Waals surface area contributed by atoms with Gasteiger partial charge < -0.3 is 11.1 Å². The Bertz CT molecular complexity index is 1140. The standard InChI is InChI=1S/C21H21F4N7O/c22-15-10-28-19(30-17(15)26)32-11-14(16(31-32)21(23,24)25)18(33)29-12-20(6-2-1-3-7-20)13-5-4-8-27-9-13/h4-5,8-11H,1-3,6-7,12H2,(H,29,33)(H2,26,28,30). The van der Waals surface area contributed by atoms with Crippen molar-refractivity contribution in [1.29, 1.82) is 0 Å². The minimum atomic E-state index is -4.91. The molecular formula is C21H21F4N7O. The quantitative estimate of drug-likeness (QED) is 0.561. The van der Waals surface area contributed by atoms with Crippen LogP contribution in [-0.4, -0.2) is 37.2 Å². The smallest absolute Gasteiger partial charge is 0.381 e. The molecule has 3 N–H and O–H groups in total. The van der Waals surface area contributed by atoms with Gasteiger partial charge in [0.05, 0.1) is 11.8 Å². The number of carbonyl (C=O) groups is 1. The van der Waals surface area contributed by atoms with Crippen LogP contribution in [0.4, 0.5) is 23.4 Å². The topological polar surface area (TPSA) is 112 Å². The number of carbonyl (C=O) groups excluding carboxylic acids is 1. The summed E-state index contributed by atoms with van der Waals surface area (Å²) in [4.78, 5) is 24.2. The van der Waals surface area contributed by atoms with Crippen LogP contribution in [0, 0.1) is 5.82 Å². The largest absolute Gasteiger partial charge is 0.435 e. The van der Waals surface area contributed by atoms with Gasteiger partial charge in [-0.1, -0.05) is 25.3 Å². The average molecular weight is 463 g/mol. The van der Waals surface area contributed by atoms with Crippen LogP contribution in [0.25, 0.3) is 5.95 Å². The number of hydrogen-bond donors (Lipinski definition) is 2. The van der Waals surface area contributed by atoms with E-state index >= 15 is 0 Å². The van der Waals surface area contributed by atoms with Crippen LogP contribution in [0.15, 0.2) is 36.9 Å². The van der Waals surface area contributed by atoms with Crippen molar-refractivity contribution in [3.8, 4) is 5.95 Å². The SMILES string of the molecule is Nc1nc(-n2cc(C(=O)NCC3(c4cccnc4)CCCCC3)c(C(F)(F)F)n2)ncc1F. The first kappa shape index (κ1) is 22.6. The fourth-order valence-electron chi connectivity index (χ4n) is 4.15. The number of aromatic nitrogens is 5. The van der Waals surface area contributed by atoms with Crippen molar-refractivity contribution in [2.75, 3.05) is 12.3 Å². The second-order valence-electron chi connectivity index (χ2n) is 8.00. The summed E-state index contributed by atoms with van der Waals surface area (Å²) in [6, 6.07) is 3.72. The third kappa shape index (κ3) is 4.64. The van der Waals surface area contributed by atoms with Crippen LogP contribution >= 0.6 is 0 Å².